The van der Waals surface area contributed by atoms with E-state index in [4.69, 9.17) is 0 Å². The Kier molecular flexibility index (Phi) is 5.26. The van der Waals surface area contributed by atoms with E-state index < -0.39 is 0 Å². The summed E-state index contributed by atoms with van der Waals surface area (Å²) in [5.74, 6) is 0. The molecule has 1 aromatic rings. The van der Waals surface area contributed by atoms with Crippen molar-refractivity contribution in [3.8, 4) is 0 Å². The molecule has 1 aromatic carbocycles. The van der Waals surface area contributed by atoms with Crippen LogP contribution in [0.15, 0.2) is 24.3 Å². The van der Waals surface area contributed by atoms with Crippen LogP contribution in [0.25, 0.3) is 0 Å². The highest BCUT2D eigenvalue weighted by Crippen LogP contribution is 2.33. The maximum Gasteiger partial charge on any atom is 0.0414 e. The first kappa shape index (κ1) is 14.4. The van der Waals surface area contributed by atoms with Gasteiger partial charge in [-0.2, -0.15) is 0 Å². The molecule has 0 aromatic heterocycles. The van der Waals surface area contributed by atoms with E-state index in [1.165, 1.54) is 36.9 Å². The number of para-hydroxylation sites is 1. The van der Waals surface area contributed by atoms with Crippen LogP contribution in [0.3, 0.4) is 0 Å². The molecular weight excluding hydrogens is 232 g/mol. The number of hydrogen-bond donors (Lipinski definition) is 1. The second-order valence-corrected chi connectivity index (χ2v) is 5.67. The zero-order valence-electron chi connectivity index (χ0n) is 12.7. The highest BCUT2D eigenvalue weighted by molar-refractivity contribution is 5.55. The van der Waals surface area contributed by atoms with Crippen molar-refractivity contribution in [3.63, 3.8) is 0 Å². The summed E-state index contributed by atoms with van der Waals surface area (Å²) in [7, 11) is 2.26. The number of anilines is 1. The van der Waals surface area contributed by atoms with Gasteiger partial charge in [-0.25, -0.2) is 0 Å². The predicted octanol–water partition coefficient (Wildman–Crippen LogP) is 4.13. The van der Waals surface area contributed by atoms with Gasteiger partial charge < -0.3 is 10.2 Å². The maximum absolute atomic E-state index is 3.68. The number of hydrogen-bond acceptors (Lipinski definition) is 2. The summed E-state index contributed by atoms with van der Waals surface area (Å²) in [6.07, 6.45) is 6.43. The SMILES string of the molecule is CCCNC(CC)c1ccccc1N(C)C1CCC1. The normalized spacial score (nSPS) is 17.0. The molecule has 0 bridgehead atoms. The average molecular weight is 260 g/mol. The van der Waals surface area contributed by atoms with Gasteiger partial charge in [0, 0.05) is 24.8 Å². The predicted molar refractivity (Wildman–Crippen MR) is 83.8 cm³/mol. The second-order valence-electron chi connectivity index (χ2n) is 5.67. The van der Waals surface area contributed by atoms with E-state index in [1.807, 2.05) is 0 Å². The molecule has 1 N–H and O–H groups in total. The highest BCUT2D eigenvalue weighted by Gasteiger charge is 2.24. The standard InChI is InChI=1S/C17H28N2/c1-4-13-18-16(5-2)15-11-6-7-12-17(15)19(3)14-9-8-10-14/h6-7,11-12,14,16,18H,4-5,8-10,13H2,1-3H3. The molecule has 0 spiro atoms. The third-order valence-electron chi connectivity index (χ3n) is 4.36. The summed E-state index contributed by atoms with van der Waals surface area (Å²) in [4.78, 5) is 2.50. The molecule has 1 saturated carbocycles. The van der Waals surface area contributed by atoms with Crippen LogP contribution in [0.4, 0.5) is 5.69 Å². The largest absolute Gasteiger partial charge is 0.371 e. The minimum atomic E-state index is 0.485. The molecular formula is C17H28N2. The van der Waals surface area contributed by atoms with Gasteiger partial charge in [0.1, 0.15) is 0 Å². The lowest BCUT2D eigenvalue weighted by atomic mass is 9.90. The van der Waals surface area contributed by atoms with E-state index in [0.29, 0.717) is 6.04 Å². The lowest BCUT2D eigenvalue weighted by molar-refractivity contribution is 0.399. The van der Waals surface area contributed by atoms with Crippen molar-refractivity contribution in [3.05, 3.63) is 29.8 Å². The van der Waals surface area contributed by atoms with Crippen LogP contribution in [-0.4, -0.2) is 19.6 Å². The smallest absolute Gasteiger partial charge is 0.0414 e. The van der Waals surface area contributed by atoms with Gasteiger partial charge >= 0.3 is 0 Å². The Morgan fingerprint density at radius 2 is 2.00 bits per heavy atom. The van der Waals surface area contributed by atoms with Crippen LogP contribution in [0.1, 0.15) is 57.6 Å². The molecule has 1 aliphatic rings. The molecule has 2 nitrogen and oxygen atoms in total. The molecule has 1 aliphatic carbocycles. The Balaban J connectivity index is 2.18. The van der Waals surface area contributed by atoms with Crippen LogP contribution in [0.5, 0.6) is 0 Å². The van der Waals surface area contributed by atoms with Crippen molar-refractivity contribution in [2.24, 2.45) is 0 Å². The first-order valence-electron chi connectivity index (χ1n) is 7.83. The molecule has 0 saturated heterocycles. The third-order valence-corrected chi connectivity index (χ3v) is 4.36. The lowest BCUT2D eigenvalue weighted by Gasteiger charge is -2.38. The summed E-state index contributed by atoms with van der Waals surface area (Å²) < 4.78 is 0. The van der Waals surface area contributed by atoms with E-state index in [2.05, 4.69) is 55.4 Å². The Labute approximate surface area is 118 Å². The molecule has 1 unspecified atom stereocenters. The summed E-state index contributed by atoms with van der Waals surface area (Å²) in [6, 6.07) is 10.2. The van der Waals surface area contributed by atoms with Gasteiger partial charge in [-0.15, -0.1) is 0 Å². The molecule has 1 atom stereocenters. The average Bonchev–Trinajstić information content (AvgIpc) is 2.38. The molecule has 0 radical (unpaired) electrons. The number of nitrogens with zero attached hydrogens (tertiary/aromatic N) is 1. The molecule has 0 aliphatic heterocycles. The molecule has 19 heavy (non-hydrogen) atoms. The van der Waals surface area contributed by atoms with E-state index in [9.17, 15) is 0 Å². The lowest BCUT2D eigenvalue weighted by Crippen LogP contribution is -2.38. The van der Waals surface area contributed by atoms with Crippen molar-refractivity contribution in [1.82, 2.24) is 5.32 Å². The van der Waals surface area contributed by atoms with Gasteiger partial charge in [0.25, 0.3) is 0 Å². The first-order chi connectivity index (χ1) is 9.27. The number of rotatable bonds is 7. The van der Waals surface area contributed by atoms with Crippen LogP contribution in [-0.2, 0) is 0 Å². The summed E-state index contributed by atoms with van der Waals surface area (Å²) in [6.45, 7) is 5.60. The van der Waals surface area contributed by atoms with E-state index in [0.717, 1.165) is 19.0 Å². The quantitative estimate of drug-likeness (QED) is 0.793. The monoisotopic (exact) mass is 260 g/mol. The molecule has 0 amide bonds. The zero-order chi connectivity index (χ0) is 13.7. The van der Waals surface area contributed by atoms with Crippen molar-refractivity contribution in [1.29, 1.82) is 0 Å². The van der Waals surface area contributed by atoms with E-state index in [-0.39, 0.29) is 0 Å². The molecule has 2 rings (SSSR count). The Bertz CT molecular complexity index is 385. The van der Waals surface area contributed by atoms with Crippen LogP contribution < -0.4 is 10.2 Å². The Morgan fingerprint density at radius 1 is 1.26 bits per heavy atom. The molecule has 2 heteroatoms. The summed E-state index contributed by atoms with van der Waals surface area (Å²) >= 11 is 0. The van der Waals surface area contributed by atoms with Crippen LogP contribution in [0.2, 0.25) is 0 Å². The summed E-state index contributed by atoms with van der Waals surface area (Å²) in [5, 5.41) is 3.68. The Hall–Kier alpha value is -1.02. The van der Waals surface area contributed by atoms with Crippen LogP contribution in [0, 0.1) is 0 Å². The fraction of sp³-hybridized carbons (Fsp3) is 0.647. The number of benzene rings is 1. The summed E-state index contributed by atoms with van der Waals surface area (Å²) in [5.41, 5.74) is 2.88. The first-order valence-corrected chi connectivity index (χ1v) is 7.83. The second kappa shape index (κ2) is 6.95. The maximum atomic E-state index is 3.68. The van der Waals surface area contributed by atoms with Crippen molar-refractivity contribution < 1.29 is 0 Å². The molecule has 1 fully saturated rings. The number of nitrogens with one attached hydrogen (secondary N) is 1. The van der Waals surface area contributed by atoms with Crippen LogP contribution >= 0.6 is 0 Å². The van der Waals surface area contributed by atoms with Crippen molar-refractivity contribution in [2.75, 3.05) is 18.5 Å². The van der Waals surface area contributed by atoms with Gasteiger partial charge in [0.05, 0.1) is 0 Å². The Morgan fingerprint density at radius 3 is 2.58 bits per heavy atom. The van der Waals surface area contributed by atoms with Gasteiger partial charge in [0.15, 0.2) is 0 Å². The highest BCUT2D eigenvalue weighted by atomic mass is 15.1. The minimum Gasteiger partial charge on any atom is -0.371 e. The molecule has 106 valence electrons. The zero-order valence-corrected chi connectivity index (χ0v) is 12.7. The van der Waals surface area contributed by atoms with Crippen molar-refractivity contribution >= 4 is 5.69 Å². The van der Waals surface area contributed by atoms with Gasteiger partial charge in [-0.1, -0.05) is 32.0 Å². The van der Waals surface area contributed by atoms with Gasteiger partial charge in [0.2, 0.25) is 0 Å². The third kappa shape index (κ3) is 3.30. The minimum absolute atomic E-state index is 0.485. The fourth-order valence-electron chi connectivity index (χ4n) is 2.87. The van der Waals surface area contributed by atoms with Gasteiger partial charge in [-0.3, -0.25) is 0 Å². The van der Waals surface area contributed by atoms with Crippen molar-refractivity contribution in [2.45, 2.75) is 58.0 Å². The fourth-order valence-corrected chi connectivity index (χ4v) is 2.87. The van der Waals surface area contributed by atoms with E-state index >= 15 is 0 Å². The topological polar surface area (TPSA) is 15.3 Å². The van der Waals surface area contributed by atoms with Gasteiger partial charge in [-0.05, 0) is 50.3 Å². The van der Waals surface area contributed by atoms with E-state index in [1.54, 1.807) is 0 Å². The molecule has 0 heterocycles.